The molecule has 2 aliphatic carbocycles. The highest BCUT2D eigenvalue weighted by Gasteiger charge is 2.35. The smallest absolute Gasteiger partial charge is 0.248 e. The summed E-state index contributed by atoms with van der Waals surface area (Å²) in [4.78, 5) is 0. The predicted molar refractivity (Wildman–Crippen MR) is 161 cm³/mol. The Hall–Kier alpha value is -3.16. The van der Waals surface area contributed by atoms with Crippen molar-refractivity contribution in [1.82, 2.24) is 0 Å². The Balaban J connectivity index is 0.000000168. The van der Waals surface area contributed by atoms with E-state index in [1.165, 1.54) is 0 Å². The molecule has 2 fully saturated rings. The van der Waals surface area contributed by atoms with Gasteiger partial charge in [-0.25, -0.2) is 17.6 Å². The van der Waals surface area contributed by atoms with Crippen molar-refractivity contribution in [2.75, 3.05) is 11.5 Å². The van der Waals surface area contributed by atoms with Crippen molar-refractivity contribution in [1.29, 1.82) is 0 Å². The molecule has 0 spiro atoms. The molecule has 0 saturated heterocycles. The lowest BCUT2D eigenvalue weighted by molar-refractivity contribution is -0.0416. The van der Waals surface area contributed by atoms with Gasteiger partial charge in [-0.1, -0.05) is 24.3 Å². The molecule has 0 bridgehead atoms. The number of nitrogen functional groups attached to an aromatic ring is 2. The lowest BCUT2D eigenvalue weighted by Gasteiger charge is -2.26. The minimum atomic E-state index is -2.47. The Labute approximate surface area is 246 Å². The van der Waals surface area contributed by atoms with Crippen LogP contribution in [0.15, 0.2) is 36.4 Å². The van der Waals surface area contributed by atoms with Crippen molar-refractivity contribution in [3.05, 3.63) is 58.7 Å². The predicted octanol–water partition coefficient (Wildman–Crippen LogP) is 8.86. The number of fused-ring (bicyclic) bond motifs is 2. The number of allylic oxidation sites excluding steroid dienone is 2. The van der Waals surface area contributed by atoms with E-state index in [2.05, 4.69) is 0 Å². The summed E-state index contributed by atoms with van der Waals surface area (Å²) in [5.41, 5.74) is 17.5. The molecule has 0 aromatic heterocycles. The Kier molecular flexibility index (Phi) is 8.81. The van der Waals surface area contributed by atoms with Crippen LogP contribution in [0.5, 0.6) is 11.5 Å². The summed E-state index contributed by atoms with van der Waals surface area (Å²) in [6, 6.07) is 7.70. The highest BCUT2D eigenvalue weighted by atomic mass is 19.3. The topological polar surface area (TPSA) is 70.5 Å². The van der Waals surface area contributed by atoms with Crippen molar-refractivity contribution in [3.63, 3.8) is 0 Å². The molecule has 42 heavy (non-hydrogen) atoms. The Morgan fingerprint density at radius 3 is 1.36 bits per heavy atom. The average molecular weight is 587 g/mol. The van der Waals surface area contributed by atoms with Crippen LogP contribution in [-0.2, 0) is 12.8 Å². The van der Waals surface area contributed by atoms with Crippen LogP contribution in [0, 0.1) is 11.8 Å². The van der Waals surface area contributed by atoms with Gasteiger partial charge in [0.25, 0.3) is 0 Å². The van der Waals surface area contributed by atoms with Crippen molar-refractivity contribution >= 4 is 23.5 Å². The van der Waals surface area contributed by atoms with Crippen LogP contribution < -0.4 is 20.9 Å². The highest BCUT2D eigenvalue weighted by Crippen LogP contribution is 2.40. The first-order valence-electron chi connectivity index (χ1n) is 15.2. The van der Waals surface area contributed by atoms with Gasteiger partial charge in [0, 0.05) is 72.2 Å². The summed E-state index contributed by atoms with van der Waals surface area (Å²) < 4.78 is 64.3. The third-order valence-corrected chi connectivity index (χ3v) is 8.71. The molecule has 4 aliphatic rings. The zero-order valence-corrected chi connectivity index (χ0v) is 24.5. The molecular formula is C34H42F4N2O2. The molecular weight excluding hydrogens is 544 g/mol. The quantitative estimate of drug-likeness (QED) is 0.277. The largest absolute Gasteiger partial charge is 0.489 e. The Morgan fingerprint density at radius 2 is 1.00 bits per heavy atom. The number of nitrogens with two attached hydrogens (primary N) is 2. The second-order valence-electron chi connectivity index (χ2n) is 12.6. The summed E-state index contributed by atoms with van der Waals surface area (Å²) in [7, 11) is 0. The van der Waals surface area contributed by atoms with Crippen molar-refractivity contribution < 1.29 is 27.0 Å². The second-order valence-corrected chi connectivity index (χ2v) is 12.6. The zero-order chi connectivity index (χ0) is 30.1. The van der Waals surface area contributed by atoms with Crippen LogP contribution in [0.1, 0.15) is 87.5 Å². The lowest BCUT2D eigenvalue weighted by atomic mass is 9.86. The van der Waals surface area contributed by atoms with E-state index in [4.69, 9.17) is 20.9 Å². The number of hydrogen-bond acceptors (Lipinski definition) is 4. The molecule has 2 aliphatic heterocycles. The fourth-order valence-corrected chi connectivity index (χ4v) is 6.41. The third kappa shape index (κ3) is 7.61. The second kappa shape index (κ2) is 12.2. The first-order chi connectivity index (χ1) is 19.9. The molecule has 2 heterocycles. The molecule has 2 saturated carbocycles. The van der Waals surface area contributed by atoms with Gasteiger partial charge in [0.1, 0.15) is 23.7 Å². The van der Waals surface area contributed by atoms with Crippen molar-refractivity contribution in [3.8, 4) is 11.5 Å². The van der Waals surface area contributed by atoms with Crippen LogP contribution in [0.2, 0.25) is 0 Å². The van der Waals surface area contributed by atoms with Gasteiger partial charge in [-0.2, -0.15) is 0 Å². The normalized spacial score (nSPS) is 25.0. The Morgan fingerprint density at radius 1 is 0.643 bits per heavy atom. The van der Waals surface area contributed by atoms with E-state index in [0.29, 0.717) is 25.7 Å². The monoisotopic (exact) mass is 586 g/mol. The van der Waals surface area contributed by atoms with Gasteiger partial charge >= 0.3 is 0 Å². The molecule has 0 amide bonds. The van der Waals surface area contributed by atoms with E-state index in [9.17, 15) is 17.6 Å². The number of ether oxygens (including phenoxy) is 2. The standard InChI is InChI=1S/2C17H21F2NO/c2*1-11-8-14-10-15(20)9-13(16(14)21-11)3-2-12-4-6-17(18,19)7-5-12/h2*2-3,9-12H,4-8,20H2,1H3/b2*3-2+/t2*11-/m10/s1. The van der Waals surface area contributed by atoms with Gasteiger partial charge in [0.2, 0.25) is 11.8 Å². The molecule has 228 valence electrons. The first kappa shape index (κ1) is 30.3. The molecule has 4 N–H and O–H groups in total. The summed E-state index contributed by atoms with van der Waals surface area (Å²) in [6.07, 6.45) is 12.3. The minimum absolute atomic E-state index is 0.00935. The minimum Gasteiger partial charge on any atom is -0.489 e. The van der Waals surface area contributed by atoms with Crippen LogP contribution >= 0.6 is 0 Å². The van der Waals surface area contributed by atoms with Gasteiger partial charge in [-0.15, -0.1) is 0 Å². The number of anilines is 2. The fourth-order valence-electron chi connectivity index (χ4n) is 6.41. The zero-order valence-electron chi connectivity index (χ0n) is 24.5. The highest BCUT2D eigenvalue weighted by molar-refractivity contribution is 5.68. The van der Waals surface area contributed by atoms with Gasteiger partial charge in [-0.3, -0.25) is 0 Å². The average Bonchev–Trinajstić information content (AvgIpc) is 3.48. The Bertz CT molecular complexity index is 1220. The number of alkyl halides is 4. The molecule has 4 nitrogen and oxygen atoms in total. The molecule has 0 unspecified atom stereocenters. The maximum absolute atomic E-state index is 13.2. The maximum Gasteiger partial charge on any atom is 0.248 e. The number of rotatable bonds is 4. The van der Waals surface area contributed by atoms with E-state index in [0.717, 1.165) is 58.0 Å². The molecule has 2 aromatic rings. The maximum atomic E-state index is 13.2. The SMILES string of the molecule is C[C@@H]1Cc2cc(N)cc(/C=C/C3CCC(F)(F)CC3)c2O1.C[C@H]1Cc2cc(N)cc(/C=C/C3CCC(F)(F)CC3)c2O1. The summed E-state index contributed by atoms with van der Waals surface area (Å²) in [6.45, 7) is 4.07. The number of hydrogen-bond donors (Lipinski definition) is 2. The fraction of sp³-hybridized carbons (Fsp3) is 0.529. The van der Waals surface area contributed by atoms with Crippen LogP contribution in [0.3, 0.4) is 0 Å². The van der Waals surface area contributed by atoms with E-state index in [1.807, 2.05) is 62.4 Å². The van der Waals surface area contributed by atoms with E-state index < -0.39 is 11.8 Å². The molecule has 2 aromatic carbocycles. The van der Waals surface area contributed by atoms with Crippen LogP contribution in [0.25, 0.3) is 12.2 Å². The van der Waals surface area contributed by atoms with Gasteiger partial charge in [0.15, 0.2) is 0 Å². The molecule has 0 radical (unpaired) electrons. The first-order valence-corrected chi connectivity index (χ1v) is 15.2. The van der Waals surface area contributed by atoms with Crippen LogP contribution in [-0.4, -0.2) is 24.1 Å². The van der Waals surface area contributed by atoms with E-state index in [-0.39, 0.29) is 49.7 Å². The molecule has 6 rings (SSSR count). The number of benzene rings is 2. The lowest BCUT2D eigenvalue weighted by Crippen LogP contribution is -2.23. The van der Waals surface area contributed by atoms with Crippen molar-refractivity contribution in [2.45, 2.75) is 102 Å². The summed E-state index contributed by atoms with van der Waals surface area (Å²) >= 11 is 0. The number of halogens is 4. The van der Waals surface area contributed by atoms with Gasteiger partial charge in [-0.05, 0) is 75.6 Å². The third-order valence-electron chi connectivity index (χ3n) is 8.71. The van der Waals surface area contributed by atoms with Crippen LogP contribution in [0.4, 0.5) is 28.9 Å². The van der Waals surface area contributed by atoms with Gasteiger partial charge < -0.3 is 20.9 Å². The van der Waals surface area contributed by atoms with Crippen molar-refractivity contribution in [2.24, 2.45) is 11.8 Å². The molecule has 2 atom stereocenters. The van der Waals surface area contributed by atoms with Gasteiger partial charge in [0.05, 0.1) is 0 Å². The molecule has 8 heteroatoms. The van der Waals surface area contributed by atoms with E-state index >= 15 is 0 Å². The summed E-state index contributed by atoms with van der Waals surface area (Å²) in [5, 5.41) is 0. The van der Waals surface area contributed by atoms with E-state index in [1.54, 1.807) is 0 Å². The summed E-state index contributed by atoms with van der Waals surface area (Å²) in [5.74, 6) is -2.70.